The predicted molar refractivity (Wildman–Crippen MR) is 321 cm³/mol. The van der Waals surface area contributed by atoms with E-state index in [-0.39, 0.29) is 130 Å². The van der Waals surface area contributed by atoms with Crippen molar-refractivity contribution in [2.24, 2.45) is 17.3 Å². The Labute approximate surface area is 477 Å². The highest BCUT2D eigenvalue weighted by Gasteiger charge is 2.41. The fourth-order valence-electron chi connectivity index (χ4n) is 10.0. The standard InChI is InChI=1S/C50H67N9O7S.6H2S/c1-12-42(60)57-25-30(5)40(26-57)55(9)49(64)56(10)44(29(3)4)46(61)53-37-23-41-52-38(27-67-41)32-18-19-39-34(22-32)35(45(58(39)13-2)33-16-14-20-51-43(33)31(6)65-11)24-50(7,8)28-66-48(63)36-17-15-21-59(54-36)47(37)62;;;;;;/h12,14,16,18-20,22,27,29-31,36-37,40,44,54H,1,13,15,17,21,23-26,28H2,2-11H3,(H,53,61);6*1H2/t30-,31-,36-,37-,40+,44-;;;;;;/m0....../s1. The van der Waals surface area contributed by atoms with Gasteiger partial charge in [-0.25, -0.2) is 15.2 Å². The van der Waals surface area contributed by atoms with Crippen LogP contribution in [0, 0.1) is 17.3 Å². The molecule has 408 valence electrons. The Morgan fingerprint density at radius 3 is 2.41 bits per heavy atom. The molecule has 1 aromatic carbocycles. The van der Waals surface area contributed by atoms with Crippen molar-refractivity contribution in [2.75, 3.05) is 47.4 Å². The molecule has 0 radical (unpaired) electrons. The third-order valence-corrected chi connectivity index (χ3v) is 14.5. The van der Waals surface area contributed by atoms with Gasteiger partial charge in [-0.1, -0.05) is 47.3 Å². The molecule has 2 N–H and O–H groups in total. The highest BCUT2D eigenvalue weighted by atomic mass is 32.1. The van der Waals surface area contributed by atoms with Crippen LogP contribution in [-0.2, 0) is 48.0 Å². The van der Waals surface area contributed by atoms with E-state index in [0.717, 1.165) is 44.7 Å². The summed E-state index contributed by atoms with van der Waals surface area (Å²) in [7, 11) is 4.96. The van der Waals surface area contributed by atoms with Crippen molar-refractivity contribution >= 4 is 133 Å². The highest BCUT2D eigenvalue weighted by Crippen LogP contribution is 2.42. The number of nitrogens with zero attached hydrogens (tertiary/aromatic N) is 7. The van der Waals surface area contributed by atoms with E-state index in [9.17, 15) is 24.0 Å². The number of amides is 5. The van der Waals surface area contributed by atoms with Crippen LogP contribution in [0.15, 0.2) is 54.6 Å². The number of benzene rings is 1. The average molecular weight is 1140 g/mol. The van der Waals surface area contributed by atoms with Crippen LogP contribution in [-0.4, -0.2) is 136 Å². The molecule has 4 aromatic rings. The Kier molecular flexibility index (Phi) is 26.4. The van der Waals surface area contributed by atoms with E-state index in [1.54, 1.807) is 37.2 Å². The second kappa shape index (κ2) is 28.5. The fraction of sp³-hybridized carbons (Fsp3) is 0.540. The SMILES string of the molecule is C=CC(=O)N1C[C@@H](N(C)C(=O)N(C)[C@H](C(=O)N[C@H]2Cc3nc(cs3)-c3ccc4c(c3)c(c(-c3cccnc3[C@H](C)OC)n4CC)CC(C)(C)COC(=O)[C@@H]3CCCN(N3)C2=O)C(C)C)[C@@H](C)C1.S.S.S.S.S.S. The molecule has 0 unspecified atom stereocenters. The topological polar surface area (TPSA) is 172 Å². The lowest BCUT2D eigenvalue weighted by molar-refractivity contribution is -0.155. The number of cyclic esters (lactones) is 1. The number of urea groups is 1. The minimum absolute atomic E-state index is 0. The van der Waals surface area contributed by atoms with E-state index in [1.165, 1.54) is 27.3 Å². The van der Waals surface area contributed by atoms with E-state index >= 15 is 0 Å². The minimum Gasteiger partial charge on any atom is -0.464 e. The van der Waals surface area contributed by atoms with Gasteiger partial charge < -0.3 is 34.1 Å². The van der Waals surface area contributed by atoms with Gasteiger partial charge >= 0.3 is 12.0 Å². The second-order valence-corrected chi connectivity index (χ2v) is 20.4. The van der Waals surface area contributed by atoms with Gasteiger partial charge in [-0.3, -0.25) is 29.2 Å². The molecule has 23 heteroatoms. The monoisotopic (exact) mass is 1140 g/mol. The zero-order valence-electron chi connectivity index (χ0n) is 43.6. The molecule has 6 heterocycles. The third kappa shape index (κ3) is 14.5. The van der Waals surface area contributed by atoms with Gasteiger partial charge in [0.25, 0.3) is 5.91 Å². The summed E-state index contributed by atoms with van der Waals surface area (Å²) in [5.41, 5.74) is 9.24. The van der Waals surface area contributed by atoms with Gasteiger partial charge in [-0.05, 0) is 80.9 Å². The zero-order valence-corrected chi connectivity index (χ0v) is 50.4. The smallest absolute Gasteiger partial charge is 0.324 e. The lowest BCUT2D eigenvalue weighted by Gasteiger charge is -2.38. The summed E-state index contributed by atoms with van der Waals surface area (Å²) in [5, 5.41) is 8.10. The fourth-order valence-corrected chi connectivity index (χ4v) is 10.9. The highest BCUT2D eigenvalue weighted by molar-refractivity contribution is 7.60. The lowest BCUT2D eigenvalue weighted by Crippen LogP contribution is -2.62. The molecule has 6 bridgehead atoms. The molecule has 3 aromatic heterocycles. The van der Waals surface area contributed by atoms with E-state index in [4.69, 9.17) is 19.4 Å². The van der Waals surface area contributed by atoms with Gasteiger partial charge in [0, 0.05) is 92.8 Å². The summed E-state index contributed by atoms with van der Waals surface area (Å²) in [4.78, 5) is 84.3. The summed E-state index contributed by atoms with van der Waals surface area (Å²) in [6.07, 6.45) is 4.44. The number of esters is 1. The summed E-state index contributed by atoms with van der Waals surface area (Å²) >= 11 is 1.40. The summed E-state index contributed by atoms with van der Waals surface area (Å²) in [5.74, 6) is -1.92. The zero-order chi connectivity index (χ0) is 48.5. The number of ether oxygens (including phenoxy) is 2. The number of carbonyl (C=O) groups excluding carboxylic acids is 5. The van der Waals surface area contributed by atoms with Gasteiger partial charge in [-0.2, -0.15) is 81.0 Å². The van der Waals surface area contributed by atoms with Crippen molar-refractivity contribution < 1.29 is 33.4 Å². The molecule has 0 saturated carbocycles. The van der Waals surface area contributed by atoms with Crippen molar-refractivity contribution in [3.63, 3.8) is 0 Å². The molecule has 73 heavy (non-hydrogen) atoms. The second-order valence-electron chi connectivity index (χ2n) is 19.5. The first-order valence-corrected chi connectivity index (χ1v) is 24.3. The van der Waals surface area contributed by atoms with Crippen LogP contribution in [0.2, 0.25) is 0 Å². The number of hydrazine groups is 1. The van der Waals surface area contributed by atoms with Crippen molar-refractivity contribution in [1.29, 1.82) is 0 Å². The molecule has 7 rings (SSSR count). The summed E-state index contributed by atoms with van der Waals surface area (Å²) in [6, 6.07) is 6.91. The van der Waals surface area contributed by atoms with Crippen LogP contribution in [0.4, 0.5) is 4.79 Å². The molecule has 3 aliphatic heterocycles. The molecule has 16 nitrogen and oxygen atoms in total. The number of hydrogen-bond acceptors (Lipinski definition) is 11. The molecular formula is C50H79N9O7S7. The average Bonchev–Trinajstić information content (AvgIpc) is 4.04. The third-order valence-electron chi connectivity index (χ3n) is 13.6. The van der Waals surface area contributed by atoms with E-state index in [1.807, 2.05) is 39.1 Å². The van der Waals surface area contributed by atoms with Crippen molar-refractivity contribution in [3.8, 4) is 22.5 Å². The van der Waals surface area contributed by atoms with Crippen LogP contribution in [0.3, 0.4) is 0 Å². The Bertz CT molecular complexity index is 2540. The predicted octanol–water partition coefficient (Wildman–Crippen LogP) is 6.92. The minimum atomic E-state index is -1.10. The van der Waals surface area contributed by atoms with E-state index in [0.29, 0.717) is 50.4 Å². The molecule has 3 aliphatic rings. The number of likely N-dealkylation sites (N-methyl/N-ethyl adjacent to an activating group) is 2. The van der Waals surface area contributed by atoms with Crippen LogP contribution in [0.5, 0.6) is 0 Å². The summed E-state index contributed by atoms with van der Waals surface area (Å²) in [6.45, 7) is 19.6. The maximum absolute atomic E-state index is 14.7. The number of likely N-dealkylation sites (tertiary alicyclic amines) is 1. The normalized spacial score (nSPS) is 20.2. The number of pyridine rings is 1. The van der Waals surface area contributed by atoms with Gasteiger partial charge in [0.05, 0.1) is 40.8 Å². The Hall–Kier alpha value is -3.55. The van der Waals surface area contributed by atoms with Crippen LogP contribution >= 0.6 is 92.3 Å². The van der Waals surface area contributed by atoms with Crippen LogP contribution in [0.1, 0.15) is 83.7 Å². The molecule has 5 amide bonds. The van der Waals surface area contributed by atoms with E-state index in [2.05, 4.69) is 66.9 Å². The first kappa shape index (κ1) is 67.5. The number of rotatable bonds is 10. The van der Waals surface area contributed by atoms with Crippen molar-refractivity contribution in [3.05, 3.63) is 70.8 Å². The molecule has 0 spiro atoms. The van der Waals surface area contributed by atoms with Gasteiger partial charge in [0.2, 0.25) is 11.8 Å². The van der Waals surface area contributed by atoms with E-state index < -0.39 is 41.3 Å². The Morgan fingerprint density at radius 2 is 1.77 bits per heavy atom. The quantitative estimate of drug-likeness (QED) is 0.126. The number of fused-ring (bicyclic) bond motifs is 6. The first-order valence-electron chi connectivity index (χ1n) is 23.4. The number of carbonyl (C=O) groups is 5. The molecule has 6 atom stereocenters. The van der Waals surface area contributed by atoms with Gasteiger partial charge in [-0.15, -0.1) is 11.3 Å². The molecule has 0 aliphatic carbocycles. The number of methoxy groups -OCH3 is 1. The largest absolute Gasteiger partial charge is 0.464 e. The maximum atomic E-state index is 14.7. The Morgan fingerprint density at radius 1 is 1.07 bits per heavy atom. The molecule has 2 fully saturated rings. The van der Waals surface area contributed by atoms with Gasteiger partial charge in [0.15, 0.2) is 0 Å². The lowest BCUT2D eigenvalue weighted by atomic mass is 9.84. The number of thiazole rings is 1. The van der Waals surface area contributed by atoms with Crippen molar-refractivity contribution in [1.82, 2.24) is 45.0 Å². The number of hydrogen-bond donors (Lipinski definition) is 2. The number of aryl methyl sites for hydroxylation is 1. The van der Waals surface area contributed by atoms with Crippen molar-refractivity contribution in [2.45, 2.75) is 111 Å². The molecule has 2 saturated heterocycles. The number of aromatic nitrogens is 3. The maximum Gasteiger partial charge on any atom is 0.324 e. The van der Waals surface area contributed by atoms with Crippen LogP contribution < -0.4 is 10.7 Å². The number of nitrogens with one attached hydrogen (secondary N) is 2. The van der Waals surface area contributed by atoms with Gasteiger partial charge in [0.1, 0.15) is 18.1 Å². The summed E-state index contributed by atoms with van der Waals surface area (Å²) < 4.78 is 14.2. The first-order chi connectivity index (χ1) is 31.9. The molecular weight excluding hydrogens is 1060 g/mol. The van der Waals surface area contributed by atoms with Crippen LogP contribution in [0.25, 0.3) is 33.4 Å². The Balaban J connectivity index is 0.00000444.